The predicted octanol–water partition coefficient (Wildman–Crippen LogP) is 3.01. The first-order valence-electron chi connectivity index (χ1n) is 6.26. The molecule has 0 saturated heterocycles. The van der Waals surface area contributed by atoms with Gasteiger partial charge in [-0.05, 0) is 50.5 Å². The molecule has 0 amide bonds. The first-order chi connectivity index (χ1) is 7.21. The topological polar surface area (TPSA) is 29.5 Å². The Hall–Kier alpha value is -0.500. The van der Waals surface area contributed by atoms with E-state index in [4.69, 9.17) is 4.74 Å². The molecule has 2 rings (SSSR count). The number of allylic oxidation sites excluding steroid dienone is 1. The lowest BCUT2D eigenvalue weighted by atomic mass is 9.90. The second kappa shape index (κ2) is 4.56. The third kappa shape index (κ3) is 2.54. The Kier molecular flexibility index (Phi) is 3.35. The van der Waals surface area contributed by atoms with Crippen LogP contribution in [-0.4, -0.2) is 17.3 Å². The summed E-state index contributed by atoms with van der Waals surface area (Å²) in [7, 11) is 0. The molecule has 86 valence electrons. The lowest BCUT2D eigenvalue weighted by Crippen LogP contribution is -2.33. The van der Waals surface area contributed by atoms with Crippen LogP contribution >= 0.6 is 0 Å². The van der Waals surface area contributed by atoms with Gasteiger partial charge in [0.1, 0.15) is 11.4 Å². The normalized spacial score (nSPS) is 37.7. The average molecular weight is 210 g/mol. The van der Waals surface area contributed by atoms with E-state index in [1.54, 1.807) is 0 Å². The standard InChI is InChI=1S/C13H22O2/c1-11-5-4-8-13(14,9-7-11)12-6-2-3-10-15-12/h6,11,14H,2-5,7-10H2,1H3. The van der Waals surface area contributed by atoms with E-state index in [9.17, 15) is 5.11 Å². The molecule has 0 radical (unpaired) electrons. The van der Waals surface area contributed by atoms with E-state index in [0.717, 1.165) is 56.8 Å². The second-order valence-corrected chi connectivity index (χ2v) is 5.13. The van der Waals surface area contributed by atoms with E-state index in [1.807, 2.05) is 0 Å². The summed E-state index contributed by atoms with van der Waals surface area (Å²) in [5.74, 6) is 1.62. The summed E-state index contributed by atoms with van der Waals surface area (Å²) in [4.78, 5) is 0. The highest BCUT2D eigenvalue weighted by Crippen LogP contribution is 2.36. The van der Waals surface area contributed by atoms with E-state index in [2.05, 4.69) is 13.0 Å². The molecule has 2 atom stereocenters. The molecular formula is C13H22O2. The molecule has 0 spiro atoms. The molecule has 2 heteroatoms. The highest BCUT2D eigenvalue weighted by Gasteiger charge is 2.35. The Bertz CT molecular complexity index is 247. The number of hydrogen-bond acceptors (Lipinski definition) is 2. The summed E-state index contributed by atoms with van der Waals surface area (Å²) in [5.41, 5.74) is -0.648. The van der Waals surface area contributed by atoms with E-state index >= 15 is 0 Å². The molecule has 1 N–H and O–H groups in total. The Morgan fingerprint density at radius 2 is 2.20 bits per heavy atom. The molecule has 0 aromatic carbocycles. The Morgan fingerprint density at radius 1 is 1.33 bits per heavy atom. The van der Waals surface area contributed by atoms with Gasteiger partial charge in [-0.15, -0.1) is 0 Å². The van der Waals surface area contributed by atoms with E-state index < -0.39 is 5.60 Å². The van der Waals surface area contributed by atoms with Gasteiger partial charge in [-0.2, -0.15) is 0 Å². The summed E-state index contributed by atoms with van der Waals surface area (Å²) < 4.78 is 5.62. The summed E-state index contributed by atoms with van der Waals surface area (Å²) >= 11 is 0. The fraction of sp³-hybridized carbons (Fsp3) is 0.846. The minimum Gasteiger partial charge on any atom is -0.495 e. The minimum atomic E-state index is -0.648. The SMILES string of the molecule is CC1CCCC(O)(C2=CCCCO2)CC1. The summed E-state index contributed by atoms with van der Waals surface area (Å²) in [6.07, 6.45) is 9.50. The molecule has 15 heavy (non-hydrogen) atoms. The van der Waals surface area contributed by atoms with Gasteiger partial charge in [0.25, 0.3) is 0 Å². The lowest BCUT2D eigenvalue weighted by Gasteiger charge is -2.31. The van der Waals surface area contributed by atoms with Crippen molar-refractivity contribution in [1.82, 2.24) is 0 Å². The highest BCUT2D eigenvalue weighted by molar-refractivity contribution is 5.12. The summed E-state index contributed by atoms with van der Waals surface area (Å²) in [6.45, 7) is 3.06. The van der Waals surface area contributed by atoms with Gasteiger partial charge in [0.2, 0.25) is 0 Å². The minimum absolute atomic E-state index is 0.648. The molecule has 1 fully saturated rings. The molecule has 0 aromatic heterocycles. The lowest BCUT2D eigenvalue weighted by molar-refractivity contribution is -0.00745. The molecule has 2 unspecified atom stereocenters. The van der Waals surface area contributed by atoms with Crippen LogP contribution in [0.5, 0.6) is 0 Å². The van der Waals surface area contributed by atoms with Gasteiger partial charge in [0, 0.05) is 0 Å². The van der Waals surface area contributed by atoms with Gasteiger partial charge in [-0.3, -0.25) is 0 Å². The van der Waals surface area contributed by atoms with Crippen LogP contribution in [0.3, 0.4) is 0 Å². The molecule has 1 saturated carbocycles. The maximum atomic E-state index is 10.6. The van der Waals surface area contributed by atoms with Gasteiger partial charge in [0.05, 0.1) is 6.61 Å². The third-order valence-electron chi connectivity index (χ3n) is 3.73. The smallest absolute Gasteiger partial charge is 0.124 e. The summed E-state index contributed by atoms with van der Waals surface area (Å²) in [6, 6.07) is 0. The van der Waals surface area contributed by atoms with Crippen LogP contribution in [-0.2, 0) is 4.74 Å². The van der Waals surface area contributed by atoms with Gasteiger partial charge < -0.3 is 9.84 Å². The summed E-state index contributed by atoms with van der Waals surface area (Å²) in [5, 5.41) is 10.6. The maximum Gasteiger partial charge on any atom is 0.124 e. The molecule has 1 aliphatic carbocycles. The van der Waals surface area contributed by atoms with Crippen LogP contribution in [0.15, 0.2) is 11.8 Å². The Balaban J connectivity index is 2.06. The molecular weight excluding hydrogens is 188 g/mol. The van der Waals surface area contributed by atoms with Crippen molar-refractivity contribution in [2.75, 3.05) is 6.61 Å². The van der Waals surface area contributed by atoms with Crippen LogP contribution in [0.4, 0.5) is 0 Å². The van der Waals surface area contributed by atoms with Gasteiger partial charge >= 0.3 is 0 Å². The highest BCUT2D eigenvalue weighted by atomic mass is 16.5. The van der Waals surface area contributed by atoms with Crippen molar-refractivity contribution in [1.29, 1.82) is 0 Å². The van der Waals surface area contributed by atoms with Crippen molar-refractivity contribution in [2.24, 2.45) is 5.92 Å². The van der Waals surface area contributed by atoms with Crippen molar-refractivity contribution >= 4 is 0 Å². The predicted molar refractivity (Wildman–Crippen MR) is 60.5 cm³/mol. The molecule has 2 aliphatic rings. The zero-order chi connectivity index (χ0) is 10.7. The van der Waals surface area contributed by atoms with Gasteiger partial charge in [-0.1, -0.05) is 13.3 Å². The van der Waals surface area contributed by atoms with Crippen molar-refractivity contribution in [3.63, 3.8) is 0 Å². The first kappa shape index (κ1) is 11.0. The zero-order valence-electron chi connectivity index (χ0n) is 9.67. The first-order valence-corrected chi connectivity index (χ1v) is 6.26. The monoisotopic (exact) mass is 210 g/mol. The fourth-order valence-electron chi connectivity index (χ4n) is 2.63. The number of ether oxygens (including phenoxy) is 1. The molecule has 2 nitrogen and oxygen atoms in total. The van der Waals surface area contributed by atoms with Crippen molar-refractivity contribution in [2.45, 2.75) is 57.5 Å². The van der Waals surface area contributed by atoms with Crippen LogP contribution in [0.2, 0.25) is 0 Å². The van der Waals surface area contributed by atoms with Crippen LogP contribution in [0.25, 0.3) is 0 Å². The van der Waals surface area contributed by atoms with Crippen molar-refractivity contribution < 1.29 is 9.84 Å². The average Bonchev–Trinajstić information content (AvgIpc) is 2.44. The number of hydrogen-bond donors (Lipinski definition) is 1. The maximum absolute atomic E-state index is 10.6. The molecule has 0 bridgehead atoms. The van der Waals surface area contributed by atoms with Crippen LogP contribution in [0.1, 0.15) is 51.9 Å². The molecule has 1 aliphatic heterocycles. The molecule has 0 aromatic rings. The quantitative estimate of drug-likeness (QED) is 0.674. The van der Waals surface area contributed by atoms with Crippen molar-refractivity contribution in [3.8, 4) is 0 Å². The van der Waals surface area contributed by atoms with Gasteiger partial charge in [0.15, 0.2) is 0 Å². The van der Waals surface area contributed by atoms with E-state index in [-0.39, 0.29) is 0 Å². The van der Waals surface area contributed by atoms with E-state index in [1.165, 1.54) is 6.42 Å². The van der Waals surface area contributed by atoms with Crippen LogP contribution < -0.4 is 0 Å². The second-order valence-electron chi connectivity index (χ2n) is 5.13. The number of aliphatic hydroxyl groups is 1. The van der Waals surface area contributed by atoms with E-state index in [0.29, 0.717) is 0 Å². The van der Waals surface area contributed by atoms with Gasteiger partial charge in [-0.25, -0.2) is 0 Å². The van der Waals surface area contributed by atoms with Crippen LogP contribution in [0, 0.1) is 5.92 Å². The van der Waals surface area contributed by atoms with Crippen molar-refractivity contribution in [3.05, 3.63) is 11.8 Å². The largest absolute Gasteiger partial charge is 0.495 e. The zero-order valence-corrected chi connectivity index (χ0v) is 9.67. The Morgan fingerprint density at radius 3 is 2.93 bits per heavy atom. The molecule has 1 heterocycles. The number of rotatable bonds is 1. The fourth-order valence-corrected chi connectivity index (χ4v) is 2.63. The third-order valence-corrected chi connectivity index (χ3v) is 3.73. The Labute approximate surface area is 92.3 Å².